The number of rotatable bonds is 4. The van der Waals surface area contributed by atoms with Gasteiger partial charge in [-0.2, -0.15) is 0 Å². The van der Waals surface area contributed by atoms with Crippen molar-refractivity contribution in [1.29, 1.82) is 0 Å². The van der Waals surface area contributed by atoms with Crippen LogP contribution in [0.5, 0.6) is 0 Å². The lowest BCUT2D eigenvalue weighted by molar-refractivity contribution is -0.122. The molecule has 3 nitrogen and oxygen atoms in total. The lowest BCUT2D eigenvalue weighted by Crippen LogP contribution is -2.24. The molecule has 0 bridgehead atoms. The smallest absolute Gasteiger partial charge is 0.224 e. The molecule has 0 saturated heterocycles. The maximum Gasteiger partial charge on any atom is 0.224 e. The van der Waals surface area contributed by atoms with Crippen molar-refractivity contribution in [2.24, 2.45) is 5.92 Å². The third kappa shape index (κ3) is 2.30. The summed E-state index contributed by atoms with van der Waals surface area (Å²) in [4.78, 5) is 11.9. The fraction of sp³-hybridized carbons (Fsp3) is 0.267. The summed E-state index contributed by atoms with van der Waals surface area (Å²) in [5.74, 6) is 1.44. The van der Waals surface area contributed by atoms with Gasteiger partial charge in [0.15, 0.2) is 0 Å². The van der Waals surface area contributed by atoms with E-state index in [2.05, 4.69) is 17.4 Å². The van der Waals surface area contributed by atoms with Crippen LogP contribution in [0.1, 0.15) is 23.7 Å². The fourth-order valence-corrected chi connectivity index (χ4v) is 2.27. The maximum atomic E-state index is 11.9. The SMILES string of the molecule is O=C(NCc1ccco1)[C@H]1C[C@H]1c1ccccc1. The third-order valence-electron chi connectivity index (χ3n) is 3.37. The van der Waals surface area contributed by atoms with E-state index in [1.807, 2.05) is 30.3 Å². The Morgan fingerprint density at radius 2 is 2.06 bits per heavy atom. The van der Waals surface area contributed by atoms with Crippen molar-refractivity contribution in [1.82, 2.24) is 5.32 Å². The Morgan fingerprint density at radius 1 is 1.22 bits per heavy atom. The minimum atomic E-state index is 0.125. The largest absolute Gasteiger partial charge is 0.467 e. The number of carbonyl (C=O) groups is 1. The van der Waals surface area contributed by atoms with Gasteiger partial charge in [0.25, 0.3) is 0 Å². The molecule has 18 heavy (non-hydrogen) atoms. The van der Waals surface area contributed by atoms with Crippen LogP contribution in [0.25, 0.3) is 0 Å². The summed E-state index contributed by atoms with van der Waals surface area (Å²) in [5.41, 5.74) is 1.26. The molecule has 0 radical (unpaired) electrons. The zero-order valence-corrected chi connectivity index (χ0v) is 10.0. The van der Waals surface area contributed by atoms with Gasteiger partial charge in [0.1, 0.15) is 5.76 Å². The van der Waals surface area contributed by atoms with E-state index >= 15 is 0 Å². The quantitative estimate of drug-likeness (QED) is 0.894. The second kappa shape index (κ2) is 4.69. The second-order valence-corrected chi connectivity index (χ2v) is 4.66. The fourth-order valence-electron chi connectivity index (χ4n) is 2.27. The molecule has 1 aliphatic rings. The molecule has 2 atom stereocenters. The van der Waals surface area contributed by atoms with Gasteiger partial charge >= 0.3 is 0 Å². The Labute approximate surface area is 106 Å². The van der Waals surface area contributed by atoms with Crippen LogP contribution < -0.4 is 5.32 Å². The number of amides is 1. The second-order valence-electron chi connectivity index (χ2n) is 4.66. The molecule has 1 heterocycles. The summed E-state index contributed by atoms with van der Waals surface area (Å²) in [6.07, 6.45) is 2.57. The summed E-state index contributed by atoms with van der Waals surface area (Å²) in [7, 11) is 0. The first-order valence-electron chi connectivity index (χ1n) is 6.19. The number of carbonyl (C=O) groups excluding carboxylic acids is 1. The van der Waals surface area contributed by atoms with Crippen LogP contribution >= 0.6 is 0 Å². The Bertz CT molecular complexity index is 519. The highest BCUT2D eigenvalue weighted by Crippen LogP contribution is 2.47. The van der Waals surface area contributed by atoms with E-state index < -0.39 is 0 Å². The Hall–Kier alpha value is -2.03. The van der Waals surface area contributed by atoms with Crippen molar-refractivity contribution < 1.29 is 9.21 Å². The molecule has 2 aromatic rings. The summed E-state index contributed by atoms with van der Waals surface area (Å²) in [6.45, 7) is 0.476. The van der Waals surface area contributed by atoms with Crippen molar-refractivity contribution >= 4 is 5.91 Å². The summed E-state index contributed by atoms with van der Waals surface area (Å²) >= 11 is 0. The van der Waals surface area contributed by atoms with Gasteiger partial charge in [0.05, 0.1) is 12.8 Å². The highest BCUT2D eigenvalue weighted by molar-refractivity contribution is 5.82. The van der Waals surface area contributed by atoms with E-state index in [0.717, 1.165) is 12.2 Å². The van der Waals surface area contributed by atoms with E-state index in [0.29, 0.717) is 12.5 Å². The van der Waals surface area contributed by atoms with Crippen LogP contribution in [0, 0.1) is 5.92 Å². The third-order valence-corrected chi connectivity index (χ3v) is 3.37. The average Bonchev–Trinajstić information content (AvgIpc) is 3.05. The molecule has 1 aromatic heterocycles. The first-order chi connectivity index (χ1) is 8.84. The van der Waals surface area contributed by atoms with Crippen LogP contribution in [0.3, 0.4) is 0 Å². The van der Waals surface area contributed by atoms with E-state index in [4.69, 9.17) is 4.42 Å². The highest BCUT2D eigenvalue weighted by Gasteiger charge is 2.43. The number of benzene rings is 1. The van der Waals surface area contributed by atoms with Crippen LogP contribution in [0.2, 0.25) is 0 Å². The normalized spacial score (nSPS) is 21.6. The van der Waals surface area contributed by atoms with Crippen molar-refractivity contribution in [3.8, 4) is 0 Å². The number of hydrogen-bond acceptors (Lipinski definition) is 2. The first kappa shape index (κ1) is 11.1. The van der Waals surface area contributed by atoms with Gasteiger partial charge in [-0.1, -0.05) is 30.3 Å². The zero-order valence-electron chi connectivity index (χ0n) is 10.0. The number of nitrogens with one attached hydrogen (secondary N) is 1. The Balaban J connectivity index is 1.53. The predicted molar refractivity (Wildman–Crippen MR) is 67.8 cm³/mol. The molecule has 3 rings (SSSR count). The lowest BCUT2D eigenvalue weighted by atomic mass is 10.1. The van der Waals surface area contributed by atoms with Gasteiger partial charge in [-0.3, -0.25) is 4.79 Å². The van der Waals surface area contributed by atoms with Crippen LogP contribution in [0.15, 0.2) is 53.1 Å². The van der Waals surface area contributed by atoms with E-state index in [1.54, 1.807) is 6.26 Å². The van der Waals surface area contributed by atoms with Crippen molar-refractivity contribution in [2.75, 3.05) is 0 Å². The Morgan fingerprint density at radius 3 is 2.78 bits per heavy atom. The monoisotopic (exact) mass is 241 g/mol. The standard InChI is InChI=1S/C15H15NO2/c17-15(16-10-12-7-4-8-18-12)14-9-13(14)11-5-2-1-3-6-11/h1-8,13-14H,9-10H2,(H,16,17)/t13-,14-/m0/s1. The van der Waals surface area contributed by atoms with Crippen molar-refractivity contribution in [2.45, 2.75) is 18.9 Å². The minimum Gasteiger partial charge on any atom is -0.467 e. The van der Waals surface area contributed by atoms with E-state index in [9.17, 15) is 4.79 Å². The van der Waals surface area contributed by atoms with Gasteiger partial charge in [-0.25, -0.2) is 0 Å². The number of hydrogen-bond donors (Lipinski definition) is 1. The molecular weight excluding hydrogens is 226 g/mol. The molecule has 3 heteroatoms. The molecule has 0 spiro atoms. The van der Waals surface area contributed by atoms with Crippen LogP contribution in [0.4, 0.5) is 0 Å². The average molecular weight is 241 g/mol. The molecule has 92 valence electrons. The minimum absolute atomic E-state index is 0.125. The van der Waals surface area contributed by atoms with Gasteiger partial charge in [-0.05, 0) is 30.0 Å². The lowest BCUT2D eigenvalue weighted by Gasteiger charge is -2.03. The zero-order chi connectivity index (χ0) is 12.4. The van der Waals surface area contributed by atoms with Gasteiger partial charge < -0.3 is 9.73 Å². The molecule has 1 saturated carbocycles. The first-order valence-corrected chi connectivity index (χ1v) is 6.19. The van der Waals surface area contributed by atoms with Crippen molar-refractivity contribution in [3.63, 3.8) is 0 Å². The maximum absolute atomic E-state index is 11.9. The molecule has 1 fully saturated rings. The Kier molecular flexibility index (Phi) is 2.89. The van der Waals surface area contributed by atoms with Gasteiger partial charge in [0.2, 0.25) is 5.91 Å². The molecule has 0 unspecified atom stereocenters. The van der Waals surface area contributed by atoms with Crippen LogP contribution in [-0.4, -0.2) is 5.91 Å². The highest BCUT2D eigenvalue weighted by atomic mass is 16.3. The van der Waals surface area contributed by atoms with Crippen LogP contribution in [-0.2, 0) is 11.3 Å². The summed E-state index contributed by atoms with van der Waals surface area (Å²) in [6, 6.07) is 13.9. The van der Waals surface area contributed by atoms with E-state index in [-0.39, 0.29) is 11.8 Å². The van der Waals surface area contributed by atoms with Gasteiger partial charge in [0, 0.05) is 5.92 Å². The molecular formula is C15H15NO2. The molecule has 1 aromatic carbocycles. The predicted octanol–water partition coefficient (Wildman–Crippen LogP) is 2.70. The summed E-state index contributed by atoms with van der Waals surface area (Å²) < 4.78 is 5.18. The number of furan rings is 1. The van der Waals surface area contributed by atoms with Crippen molar-refractivity contribution in [3.05, 3.63) is 60.1 Å². The van der Waals surface area contributed by atoms with E-state index in [1.165, 1.54) is 5.56 Å². The molecule has 1 N–H and O–H groups in total. The molecule has 1 aliphatic carbocycles. The van der Waals surface area contributed by atoms with Gasteiger partial charge in [-0.15, -0.1) is 0 Å². The molecule has 0 aliphatic heterocycles. The molecule has 1 amide bonds. The summed E-state index contributed by atoms with van der Waals surface area (Å²) in [5, 5.41) is 2.91. The topological polar surface area (TPSA) is 42.2 Å².